The molecule has 0 aromatic heterocycles. The molecule has 3 heteroatoms. The fourth-order valence-electron chi connectivity index (χ4n) is 3.96. The highest BCUT2D eigenvalue weighted by molar-refractivity contribution is 5.96. The number of carbonyl (C=O) groups is 1. The Morgan fingerprint density at radius 3 is 2.58 bits per heavy atom. The molecular weight excluding hydrogens is 322 g/mol. The Bertz CT molecular complexity index is 748. The van der Waals surface area contributed by atoms with E-state index in [9.17, 15) is 9.90 Å². The number of benzene rings is 2. The zero-order chi connectivity index (χ0) is 18.4. The van der Waals surface area contributed by atoms with E-state index in [4.69, 9.17) is 0 Å². The van der Waals surface area contributed by atoms with E-state index in [1.807, 2.05) is 43.3 Å². The standard InChI is InChI=1S/C23H29NO2/c1-17-7-5-6-10-20(17)22-15-18(11-12-21(22)23(25)26)13-14-24-16-19-8-3-2-4-9-19/h5-7,10-12,15,19,24H,2-4,8-9,13-14,16H2,1H3,(H,25,26). The molecule has 0 amide bonds. The summed E-state index contributed by atoms with van der Waals surface area (Å²) in [5, 5.41) is 13.2. The van der Waals surface area contributed by atoms with Crippen LogP contribution in [0.25, 0.3) is 11.1 Å². The van der Waals surface area contributed by atoms with Crippen molar-refractivity contribution in [1.29, 1.82) is 0 Å². The van der Waals surface area contributed by atoms with Crippen LogP contribution >= 0.6 is 0 Å². The molecule has 2 N–H and O–H groups in total. The predicted molar refractivity (Wildman–Crippen MR) is 107 cm³/mol. The van der Waals surface area contributed by atoms with Crippen LogP contribution in [0.3, 0.4) is 0 Å². The maximum atomic E-state index is 11.6. The van der Waals surface area contributed by atoms with Crippen molar-refractivity contribution in [1.82, 2.24) is 5.32 Å². The van der Waals surface area contributed by atoms with Crippen molar-refractivity contribution < 1.29 is 9.90 Å². The molecule has 1 aliphatic carbocycles. The second kappa shape index (κ2) is 9.00. The molecule has 3 rings (SSSR count). The van der Waals surface area contributed by atoms with Crippen LogP contribution in [0.15, 0.2) is 42.5 Å². The van der Waals surface area contributed by atoms with Gasteiger partial charge in [0.25, 0.3) is 0 Å². The molecule has 1 saturated carbocycles. The molecule has 138 valence electrons. The first-order valence-corrected chi connectivity index (χ1v) is 9.78. The molecular formula is C23H29NO2. The summed E-state index contributed by atoms with van der Waals surface area (Å²) in [5.74, 6) is -0.0362. The Morgan fingerprint density at radius 2 is 1.85 bits per heavy atom. The minimum atomic E-state index is -0.870. The molecule has 1 aliphatic rings. The van der Waals surface area contributed by atoms with E-state index >= 15 is 0 Å². The van der Waals surface area contributed by atoms with Gasteiger partial charge >= 0.3 is 5.97 Å². The molecule has 0 aliphatic heterocycles. The highest BCUT2D eigenvalue weighted by Crippen LogP contribution is 2.28. The summed E-state index contributed by atoms with van der Waals surface area (Å²) in [6, 6.07) is 13.7. The molecule has 3 nitrogen and oxygen atoms in total. The van der Waals surface area contributed by atoms with Gasteiger partial charge in [-0.25, -0.2) is 4.79 Å². The highest BCUT2D eigenvalue weighted by atomic mass is 16.4. The first-order chi connectivity index (χ1) is 12.6. The zero-order valence-corrected chi connectivity index (χ0v) is 15.6. The van der Waals surface area contributed by atoms with Crippen molar-refractivity contribution >= 4 is 5.97 Å². The minimum Gasteiger partial charge on any atom is -0.478 e. The first-order valence-electron chi connectivity index (χ1n) is 9.78. The molecule has 0 unspecified atom stereocenters. The Kier molecular flexibility index (Phi) is 6.45. The van der Waals surface area contributed by atoms with Gasteiger partial charge in [0.05, 0.1) is 5.56 Å². The topological polar surface area (TPSA) is 49.3 Å². The summed E-state index contributed by atoms with van der Waals surface area (Å²) < 4.78 is 0. The van der Waals surface area contributed by atoms with Crippen LogP contribution in [-0.2, 0) is 6.42 Å². The molecule has 0 radical (unpaired) electrons. The van der Waals surface area contributed by atoms with E-state index in [1.54, 1.807) is 6.07 Å². The number of aryl methyl sites for hydroxylation is 1. The molecule has 0 spiro atoms. The van der Waals surface area contributed by atoms with Gasteiger partial charge in [0.15, 0.2) is 0 Å². The smallest absolute Gasteiger partial charge is 0.336 e. The van der Waals surface area contributed by atoms with Gasteiger partial charge in [-0.3, -0.25) is 0 Å². The van der Waals surface area contributed by atoms with Crippen LogP contribution in [0.1, 0.15) is 53.6 Å². The highest BCUT2D eigenvalue weighted by Gasteiger charge is 2.15. The Hall–Kier alpha value is -2.13. The van der Waals surface area contributed by atoms with Gasteiger partial charge in [-0.2, -0.15) is 0 Å². The Morgan fingerprint density at radius 1 is 1.08 bits per heavy atom. The van der Waals surface area contributed by atoms with Crippen molar-refractivity contribution in [2.24, 2.45) is 5.92 Å². The SMILES string of the molecule is Cc1ccccc1-c1cc(CCNCC2CCCCC2)ccc1C(=O)O. The van der Waals surface area contributed by atoms with Crippen molar-refractivity contribution in [3.05, 3.63) is 59.2 Å². The molecule has 0 bridgehead atoms. The van der Waals surface area contributed by atoms with Crippen LogP contribution in [0.2, 0.25) is 0 Å². The molecule has 2 aromatic carbocycles. The number of carboxylic acids is 1. The van der Waals surface area contributed by atoms with Crippen LogP contribution in [0.5, 0.6) is 0 Å². The van der Waals surface area contributed by atoms with Crippen molar-refractivity contribution in [2.75, 3.05) is 13.1 Å². The lowest BCUT2D eigenvalue weighted by molar-refractivity contribution is 0.0697. The average Bonchev–Trinajstić information content (AvgIpc) is 2.66. The molecule has 26 heavy (non-hydrogen) atoms. The maximum Gasteiger partial charge on any atom is 0.336 e. The third-order valence-corrected chi connectivity index (χ3v) is 5.50. The van der Waals surface area contributed by atoms with E-state index in [0.29, 0.717) is 5.56 Å². The Balaban J connectivity index is 1.67. The van der Waals surface area contributed by atoms with Crippen LogP contribution in [0, 0.1) is 12.8 Å². The lowest BCUT2D eigenvalue weighted by Crippen LogP contribution is -2.26. The van der Waals surface area contributed by atoms with Gasteiger partial charge in [-0.05, 0) is 73.5 Å². The molecule has 0 saturated heterocycles. The number of hydrogen-bond donors (Lipinski definition) is 2. The van der Waals surface area contributed by atoms with Crippen LogP contribution < -0.4 is 5.32 Å². The van der Waals surface area contributed by atoms with Crippen molar-refractivity contribution in [3.8, 4) is 11.1 Å². The third kappa shape index (κ3) is 4.73. The monoisotopic (exact) mass is 351 g/mol. The fourth-order valence-corrected chi connectivity index (χ4v) is 3.96. The zero-order valence-electron chi connectivity index (χ0n) is 15.6. The minimum absolute atomic E-state index is 0.373. The fraction of sp³-hybridized carbons (Fsp3) is 0.435. The van der Waals surface area contributed by atoms with E-state index < -0.39 is 5.97 Å². The van der Waals surface area contributed by atoms with Crippen LogP contribution in [0.4, 0.5) is 0 Å². The van der Waals surface area contributed by atoms with Gasteiger partial charge < -0.3 is 10.4 Å². The van der Waals surface area contributed by atoms with Gasteiger partial charge in [0.1, 0.15) is 0 Å². The molecule has 0 heterocycles. The lowest BCUT2D eigenvalue weighted by Gasteiger charge is -2.21. The number of aromatic carboxylic acids is 1. The normalized spacial score (nSPS) is 15.1. The summed E-state index contributed by atoms with van der Waals surface area (Å²) in [6.45, 7) is 4.08. The second-order valence-electron chi connectivity index (χ2n) is 7.46. The van der Waals surface area contributed by atoms with E-state index in [2.05, 4.69) is 5.32 Å². The average molecular weight is 351 g/mol. The van der Waals surface area contributed by atoms with Crippen molar-refractivity contribution in [3.63, 3.8) is 0 Å². The van der Waals surface area contributed by atoms with Crippen LogP contribution in [-0.4, -0.2) is 24.2 Å². The van der Waals surface area contributed by atoms with E-state index in [0.717, 1.165) is 42.1 Å². The summed E-state index contributed by atoms with van der Waals surface area (Å²) in [7, 11) is 0. The lowest BCUT2D eigenvalue weighted by atomic mass is 9.89. The molecule has 2 aromatic rings. The van der Waals surface area contributed by atoms with Gasteiger partial charge in [-0.15, -0.1) is 0 Å². The summed E-state index contributed by atoms with van der Waals surface area (Å²) in [4.78, 5) is 11.6. The van der Waals surface area contributed by atoms with Crippen molar-refractivity contribution in [2.45, 2.75) is 45.4 Å². The number of carboxylic acid groups (broad SMARTS) is 1. The Labute approximate surface area is 156 Å². The van der Waals surface area contributed by atoms with Gasteiger partial charge in [0.2, 0.25) is 0 Å². The predicted octanol–water partition coefficient (Wildman–Crippen LogP) is 5.07. The van der Waals surface area contributed by atoms with E-state index in [1.165, 1.54) is 37.7 Å². The van der Waals surface area contributed by atoms with E-state index in [-0.39, 0.29) is 0 Å². The number of hydrogen-bond acceptors (Lipinski definition) is 2. The largest absolute Gasteiger partial charge is 0.478 e. The summed E-state index contributed by atoms with van der Waals surface area (Å²) in [5.41, 5.74) is 4.48. The number of rotatable bonds is 7. The molecule has 1 fully saturated rings. The summed E-state index contributed by atoms with van der Waals surface area (Å²) >= 11 is 0. The number of nitrogens with one attached hydrogen (secondary N) is 1. The first kappa shape index (κ1) is 18.7. The maximum absolute atomic E-state index is 11.6. The van der Waals surface area contributed by atoms with Gasteiger partial charge in [0, 0.05) is 0 Å². The molecule has 0 atom stereocenters. The van der Waals surface area contributed by atoms with Gasteiger partial charge in [-0.1, -0.05) is 55.7 Å². The third-order valence-electron chi connectivity index (χ3n) is 5.50. The second-order valence-corrected chi connectivity index (χ2v) is 7.46. The quantitative estimate of drug-likeness (QED) is 0.685. The summed E-state index contributed by atoms with van der Waals surface area (Å²) in [6.07, 6.45) is 7.79.